The van der Waals surface area contributed by atoms with Crippen molar-refractivity contribution in [1.29, 1.82) is 0 Å². The van der Waals surface area contributed by atoms with Crippen LogP contribution in [0.3, 0.4) is 0 Å². The summed E-state index contributed by atoms with van der Waals surface area (Å²) < 4.78 is 0. The molecule has 0 saturated carbocycles. The summed E-state index contributed by atoms with van der Waals surface area (Å²) in [6.07, 6.45) is 1.12. The third-order valence-corrected chi connectivity index (χ3v) is 5.15. The van der Waals surface area contributed by atoms with E-state index in [1.165, 1.54) is 22.8 Å². The maximum atomic E-state index is 3.98. The molecule has 0 amide bonds. The van der Waals surface area contributed by atoms with Gasteiger partial charge >= 0.3 is 0 Å². The quantitative estimate of drug-likeness (QED) is 0.726. The third-order valence-electron chi connectivity index (χ3n) is 2.23. The molecule has 0 aromatic carbocycles. The number of hydrogen-bond donors (Lipinski definition) is 1. The maximum Gasteiger partial charge on any atom is 0.0294 e. The SMILES string of the molecule is C=C(C)CC(NC)C1CSCCS1. The van der Waals surface area contributed by atoms with Crippen LogP contribution in [0, 0.1) is 0 Å². The van der Waals surface area contributed by atoms with E-state index in [-0.39, 0.29) is 0 Å². The first kappa shape index (κ1) is 11.5. The predicted molar refractivity (Wildman–Crippen MR) is 65.8 cm³/mol. The van der Waals surface area contributed by atoms with Gasteiger partial charge in [0.05, 0.1) is 0 Å². The largest absolute Gasteiger partial charge is 0.316 e. The van der Waals surface area contributed by atoms with Gasteiger partial charge in [0.1, 0.15) is 0 Å². The average Bonchev–Trinajstić information content (AvgIpc) is 2.15. The van der Waals surface area contributed by atoms with Gasteiger partial charge in [0.25, 0.3) is 0 Å². The first-order valence-corrected chi connectivity index (χ1v) is 6.95. The molecule has 0 radical (unpaired) electrons. The van der Waals surface area contributed by atoms with Gasteiger partial charge in [-0.2, -0.15) is 23.5 Å². The molecule has 0 aliphatic carbocycles. The molecule has 1 saturated heterocycles. The van der Waals surface area contributed by atoms with Crippen LogP contribution in [0.15, 0.2) is 12.2 Å². The molecule has 1 rings (SSSR count). The van der Waals surface area contributed by atoms with E-state index in [0.717, 1.165) is 11.7 Å². The summed E-state index contributed by atoms with van der Waals surface area (Å²) in [6, 6.07) is 0.621. The highest BCUT2D eigenvalue weighted by Gasteiger charge is 2.22. The molecular weight excluding hydrogens is 198 g/mol. The van der Waals surface area contributed by atoms with Crippen molar-refractivity contribution in [3.05, 3.63) is 12.2 Å². The summed E-state index contributed by atoms with van der Waals surface area (Å²) in [7, 11) is 2.06. The van der Waals surface area contributed by atoms with E-state index in [1.54, 1.807) is 0 Å². The summed E-state index contributed by atoms with van der Waals surface area (Å²) in [5.74, 6) is 3.93. The lowest BCUT2D eigenvalue weighted by Gasteiger charge is -2.29. The first-order valence-electron chi connectivity index (χ1n) is 4.75. The Morgan fingerprint density at radius 2 is 2.38 bits per heavy atom. The molecule has 2 atom stereocenters. The van der Waals surface area contributed by atoms with Crippen LogP contribution in [0.25, 0.3) is 0 Å². The molecule has 13 heavy (non-hydrogen) atoms. The molecule has 0 aromatic rings. The van der Waals surface area contributed by atoms with Gasteiger partial charge in [-0.05, 0) is 20.4 Å². The second-order valence-corrected chi connectivity index (χ2v) is 6.04. The summed E-state index contributed by atoms with van der Waals surface area (Å²) in [6.45, 7) is 6.10. The third kappa shape index (κ3) is 3.96. The van der Waals surface area contributed by atoms with Gasteiger partial charge in [-0.3, -0.25) is 0 Å². The van der Waals surface area contributed by atoms with Crippen LogP contribution < -0.4 is 5.32 Å². The fourth-order valence-electron chi connectivity index (χ4n) is 1.53. The predicted octanol–water partition coefficient (Wildman–Crippen LogP) is 2.39. The lowest BCUT2D eigenvalue weighted by molar-refractivity contribution is 0.555. The fraction of sp³-hybridized carbons (Fsp3) is 0.800. The van der Waals surface area contributed by atoms with Crippen molar-refractivity contribution in [2.45, 2.75) is 24.6 Å². The average molecular weight is 217 g/mol. The molecule has 76 valence electrons. The molecule has 1 aliphatic heterocycles. The molecule has 1 nitrogen and oxygen atoms in total. The minimum absolute atomic E-state index is 0.621. The van der Waals surface area contributed by atoms with E-state index in [9.17, 15) is 0 Å². The molecule has 1 N–H and O–H groups in total. The van der Waals surface area contributed by atoms with Crippen LogP contribution >= 0.6 is 23.5 Å². The van der Waals surface area contributed by atoms with Gasteiger partial charge in [-0.1, -0.05) is 5.57 Å². The van der Waals surface area contributed by atoms with Crippen molar-refractivity contribution in [1.82, 2.24) is 5.32 Å². The zero-order chi connectivity index (χ0) is 9.68. The van der Waals surface area contributed by atoms with Gasteiger partial charge in [-0.25, -0.2) is 0 Å². The van der Waals surface area contributed by atoms with Crippen molar-refractivity contribution >= 4 is 23.5 Å². The Morgan fingerprint density at radius 1 is 1.62 bits per heavy atom. The Bertz CT molecular complexity index is 164. The van der Waals surface area contributed by atoms with Crippen LogP contribution in [0.1, 0.15) is 13.3 Å². The van der Waals surface area contributed by atoms with E-state index in [1.807, 2.05) is 0 Å². The molecule has 1 aliphatic rings. The lowest BCUT2D eigenvalue weighted by Crippen LogP contribution is -2.39. The molecular formula is C10H19NS2. The van der Waals surface area contributed by atoms with Crippen LogP contribution in [-0.4, -0.2) is 35.6 Å². The Labute approximate surface area is 90.1 Å². The number of rotatable bonds is 4. The van der Waals surface area contributed by atoms with Gasteiger partial charge in [-0.15, -0.1) is 6.58 Å². The summed E-state index contributed by atoms with van der Waals surface area (Å²) in [5, 5.41) is 4.19. The Hall–Kier alpha value is 0.400. The molecule has 1 fully saturated rings. The van der Waals surface area contributed by atoms with E-state index in [2.05, 4.69) is 49.4 Å². The fourth-order valence-corrected chi connectivity index (χ4v) is 4.46. The second kappa shape index (κ2) is 5.99. The molecule has 0 aromatic heterocycles. The van der Waals surface area contributed by atoms with Crippen molar-refractivity contribution < 1.29 is 0 Å². The Kier molecular flexibility index (Phi) is 5.29. The van der Waals surface area contributed by atoms with Gasteiger partial charge in [0.15, 0.2) is 0 Å². The molecule has 0 bridgehead atoms. The monoisotopic (exact) mass is 217 g/mol. The van der Waals surface area contributed by atoms with E-state index in [4.69, 9.17) is 0 Å². The topological polar surface area (TPSA) is 12.0 Å². The summed E-state index contributed by atoms with van der Waals surface area (Å²) in [5.41, 5.74) is 1.29. The van der Waals surface area contributed by atoms with Gasteiger partial charge in [0, 0.05) is 28.6 Å². The zero-order valence-electron chi connectivity index (χ0n) is 8.51. The van der Waals surface area contributed by atoms with E-state index >= 15 is 0 Å². The normalized spacial score (nSPS) is 25.5. The Balaban J connectivity index is 2.39. The standard InChI is InChI=1S/C10H19NS2/c1-8(2)6-9(11-3)10-7-12-4-5-13-10/h9-11H,1,4-7H2,2-3H3. The molecule has 0 spiro atoms. The Morgan fingerprint density at radius 3 is 2.85 bits per heavy atom. The minimum Gasteiger partial charge on any atom is -0.316 e. The summed E-state index contributed by atoms with van der Waals surface area (Å²) >= 11 is 4.20. The van der Waals surface area contributed by atoms with E-state index in [0.29, 0.717) is 6.04 Å². The van der Waals surface area contributed by atoms with Crippen molar-refractivity contribution in [3.63, 3.8) is 0 Å². The number of thioether (sulfide) groups is 2. The van der Waals surface area contributed by atoms with Crippen LogP contribution in [0.2, 0.25) is 0 Å². The second-order valence-electron chi connectivity index (χ2n) is 3.54. The van der Waals surface area contributed by atoms with Crippen LogP contribution in [-0.2, 0) is 0 Å². The molecule has 3 heteroatoms. The highest BCUT2D eigenvalue weighted by atomic mass is 32.2. The highest BCUT2D eigenvalue weighted by Crippen LogP contribution is 2.28. The molecule has 1 heterocycles. The minimum atomic E-state index is 0.621. The smallest absolute Gasteiger partial charge is 0.0294 e. The first-order chi connectivity index (χ1) is 6.24. The highest BCUT2D eigenvalue weighted by molar-refractivity contribution is 8.06. The van der Waals surface area contributed by atoms with E-state index < -0.39 is 0 Å². The maximum absolute atomic E-state index is 3.98. The number of nitrogens with one attached hydrogen (secondary N) is 1. The molecule has 2 unspecified atom stereocenters. The lowest BCUT2D eigenvalue weighted by atomic mass is 10.1. The van der Waals surface area contributed by atoms with Gasteiger partial charge < -0.3 is 5.32 Å². The van der Waals surface area contributed by atoms with Crippen molar-refractivity contribution in [3.8, 4) is 0 Å². The number of hydrogen-bond acceptors (Lipinski definition) is 3. The van der Waals surface area contributed by atoms with Crippen molar-refractivity contribution in [2.24, 2.45) is 0 Å². The zero-order valence-corrected chi connectivity index (χ0v) is 10.1. The summed E-state index contributed by atoms with van der Waals surface area (Å²) in [4.78, 5) is 0. The van der Waals surface area contributed by atoms with Gasteiger partial charge in [0.2, 0.25) is 0 Å². The van der Waals surface area contributed by atoms with Crippen LogP contribution in [0.4, 0.5) is 0 Å². The van der Waals surface area contributed by atoms with Crippen molar-refractivity contribution in [2.75, 3.05) is 24.3 Å². The van der Waals surface area contributed by atoms with Crippen LogP contribution in [0.5, 0.6) is 0 Å².